The largest absolute Gasteiger partial charge is 0.444 e. The summed E-state index contributed by atoms with van der Waals surface area (Å²) >= 11 is 0. The molecule has 1 aliphatic heterocycles. The molecule has 1 aromatic heterocycles. The molecule has 0 radical (unpaired) electrons. The van der Waals surface area contributed by atoms with Gasteiger partial charge < -0.3 is 20.9 Å². The molecule has 1 unspecified atom stereocenters. The molecule has 1 aliphatic rings. The zero-order valence-corrected chi connectivity index (χ0v) is 20.4. The zero-order valence-electron chi connectivity index (χ0n) is 20.4. The number of nitrogen functional groups attached to an aromatic ring is 1. The standard InChI is InChI=1S/C27H29N5O5/c1-16(33)20-13-21(31-27(36)37-15-18-5-3-2-4-6-18)26(35)32-22(20)11-12-23(32)25(34)30-14-17-7-9-19(10-8-17)24(28)29/h2-10,13,16,23,33H,11-12,14-15H2,1H3,(H3,28,29)(H,30,34)(H,31,36)/t16?,23-/m0/s1. The van der Waals surface area contributed by atoms with E-state index in [1.807, 2.05) is 30.3 Å². The number of carbonyl (C=O) groups excluding carboxylic acids is 2. The third-order valence-electron chi connectivity index (χ3n) is 6.27. The molecule has 2 heterocycles. The van der Waals surface area contributed by atoms with E-state index in [4.69, 9.17) is 15.9 Å². The van der Waals surface area contributed by atoms with Gasteiger partial charge in [0.2, 0.25) is 5.91 Å². The van der Waals surface area contributed by atoms with Gasteiger partial charge in [-0.3, -0.25) is 24.9 Å². The van der Waals surface area contributed by atoms with Gasteiger partial charge in [-0.05, 0) is 37.0 Å². The zero-order chi connectivity index (χ0) is 26.5. The molecule has 2 atom stereocenters. The Morgan fingerprint density at radius 3 is 2.51 bits per heavy atom. The third-order valence-corrected chi connectivity index (χ3v) is 6.27. The number of amides is 2. The number of amidine groups is 1. The Balaban J connectivity index is 1.51. The van der Waals surface area contributed by atoms with E-state index in [1.54, 1.807) is 31.2 Å². The predicted molar refractivity (Wildman–Crippen MR) is 138 cm³/mol. The van der Waals surface area contributed by atoms with Gasteiger partial charge >= 0.3 is 6.09 Å². The number of fused-ring (bicyclic) bond motifs is 1. The normalized spacial score (nSPS) is 14.9. The molecule has 192 valence electrons. The number of aromatic nitrogens is 1. The fourth-order valence-electron chi connectivity index (χ4n) is 4.37. The lowest BCUT2D eigenvalue weighted by Crippen LogP contribution is -2.37. The van der Waals surface area contributed by atoms with Gasteiger partial charge in [-0.15, -0.1) is 0 Å². The first kappa shape index (κ1) is 25.6. The van der Waals surface area contributed by atoms with Crippen LogP contribution in [-0.2, 0) is 29.1 Å². The van der Waals surface area contributed by atoms with Crippen LogP contribution in [-0.4, -0.2) is 27.5 Å². The minimum absolute atomic E-state index is 0.0284. The van der Waals surface area contributed by atoms with E-state index in [0.29, 0.717) is 29.7 Å². The van der Waals surface area contributed by atoms with Crippen molar-refractivity contribution in [3.63, 3.8) is 0 Å². The van der Waals surface area contributed by atoms with Crippen molar-refractivity contribution in [3.8, 4) is 0 Å². The van der Waals surface area contributed by atoms with Crippen molar-refractivity contribution in [1.29, 1.82) is 5.41 Å². The Bertz CT molecular complexity index is 1370. The van der Waals surface area contributed by atoms with Crippen molar-refractivity contribution in [2.24, 2.45) is 5.73 Å². The number of nitrogens with two attached hydrogens (primary N) is 1. The molecule has 0 saturated carbocycles. The maximum atomic E-state index is 13.3. The van der Waals surface area contributed by atoms with E-state index in [9.17, 15) is 19.5 Å². The highest BCUT2D eigenvalue weighted by Crippen LogP contribution is 2.31. The summed E-state index contributed by atoms with van der Waals surface area (Å²) in [5, 5.41) is 23.1. The van der Waals surface area contributed by atoms with Gasteiger partial charge in [0.25, 0.3) is 5.56 Å². The van der Waals surface area contributed by atoms with Crippen LogP contribution in [0.5, 0.6) is 0 Å². The molecule has 10 heteroatoms. The first-order valence-corrected chi connectivity index (χ1v) is 11.9. The number of hydrogen-bond acceptors (Lipinski definition) is 6. The molecular formula is C27H29N5O5. The van der Waals surface area contributed by atoms with E-state index in [0.717, 1.165) is 11.1 Å². The molecule has 2 amide bonds. The second-order valence-corrected chi connectivity index (χ2v) is 8.88. The van der Waals surface area contributed by atoms with Gasteiger partial charge in [-0.1, -0.05) is 54.6 Å². The van der Waals surface area contributed by atoms with Crippen LogP contribution >= 0.6 is 0 Å². The van der Waals surface area contributed by atoms with Crippen LogP contribution in [0, 0.1) is 5.41 Å². The molecule has 0 bridgehead atoms. The smallest absolute Gasteiger partial charge is 0.412 e. The number of aliphatic hydroxyl groups is 1. The lowest BCUT2D eigenvalue weighted by atomic mass is 10.1. The molecule has 3 aromatic rings. The topological polar surface area (TPSA) is 160 Å². The fraction of sp³-hybridized carbons (Fsp3) is 0.259. The van der Waals surface area contributed by atoms with E-state index in [-0.39, 0.29) is 30.6 Å². The van der Waals surface area contributed by atoms with Crippen molar-refractivity contribution < 1.29 is 19.4 Å². The Morgan fingerprint density at radius 2 is 1.86 bits per heavy atom. The monoisotopic (exact) mass is 503 g/mol. The highest BCUT2D eigenvalue weighted by molar-refractivity contribution is 5.94. The average Bonchev–Trinajstić information content (AvgIpc) is 3.34. The number of nitrogens with zero attached hydrogens (tertiary/aromatic N) is 1. The molecule has 6 N–H and O–H groups in total. The van der Waals surface area contributed by atoms with Crippen molar-refractivity contribution in [3.05, 3.63) is 99.0 Å². The first-order valence-electron chi connectivity index (χ1n) is 11.9. The molecule has 37 heavy (non-hydrogen) atoms. The minimum Gasteiger partial charge on any atom is -0.444 e. The Hall–Kier alpha value is -4.44. The molecule has 10 nitrogen and oxygen atoms in total. The van der Waals surface area contributed by atoms with Crippen molar-refractivity contribution in [1.82, 2.24) is 9.88 Å². The molecule has 0 saturated heterocycles. The summed E-state index contributed by atoms with van der Waals surface area (Å²) < 4.78 is 6.58. The number of ether oxygens (including phenoxy) is 1. The van der Waals surface area contributed by atoms with Crippen LogP contribution in [0.2, 0.25) is 0 Å². The maximum absolute atomic E-state index is 13.3. The molecule has 0 aliphatic carbocycles. The molecule has 2 aromatic carbocycles. The Morgan fingerprint density at radius 1 is 1.16 bits per heavy atom. The number of carbonyl (C=O) groups is 2. The minimum atomic E-state index is -0.913. The quantitative estimate of drug-likeness (QED) is 0.235. The lowest BCUT2D eigenvalue weighted by Gasteiger charge is -2.19. The van der Waals surface area contributed by atoms with Gasteiger partial charge in [0.05, 0.1) is 6.10 Å². The maximum Gasteiger partial charge on any atom is 0.412 e. The van der Waals surface area contributed by atoms with Gasteiger partial charge in [0, 0.05) is 23.4 Å². The number of nitrogens with one attached hydrogen (secondary N) is 3. The van der Waals surface area contributed by atoms with Crippen molar-refractivity contribution >= 4 is 23.5 Å². The summed E-state index contributed by atoms with van der Waals surface area (Å²) in [5.41, 5.74) is 8.08. The first-order chi connectivity index (χ1) is 17.7. The third kappa shape index (κ3) is 5.87. The highest BCUT2D eigenvalue weighted by Gasteiger charge is 2.33. The summed E-state index contributed by atoms with van der Waals surface area (Å²) in [6, 6.07) is 16.7. The van der Waals surface area contributed by atoms with Crippen LogP contribution in [0.4, 0.5) is 10.5 Å². The van der Waals surface area contributed by atoms with E-state index in [2.05, 4.69) is 10.6 Å². The number of aliphatic hydroxyl groups excluding tert-OH is 1. The van der Waals surface area contributed by atoms with Crippen molar-refractivity contribution in [2.45, 2.75) is 45.1 Å². The van der Waals surface area contributed by atoms with Crippen LogP contribution in [0.15, 0.2) is 65.5 Å². The Labute approximate surface area is 213 Å². The molecule has 0 fully saturated rings. The highest BCUT2D eigenvalue weighted by atomic mass is 16.5. The molecule has 4 rings (SSSR count). The number of rotatable bonds is 8. The van der Waals surface area contributed by atoms with Crippen LogP contribution < -0.4 is 21.9 Å². The summed E-state index contributed by atoms with van der Waals surface area (Å²) in [5.74, 6) is -0.392. The predicted octanol–water partition coefficient (Wildman–Crippen LogP) is 2.74. The SMILES string of the molecule is CC(O)c1cc(NC(=O)OCc2ccccc2)c(=O)n2c1CC[C@H]2C(=O)NCc1ccc(C(=N)N)cc1. The summed E-state index contributed by atoms with van der Waals surface area (Å²) in [7, 11) is 0. The van der Waals surface area contributed by atoms with Crippen molar-refractivity contribution in [2.75, 3.05) is 5.32 Å². The number of hydrogen-bond donors (Lipinski definition) is 5. The van der Waals surface area contributed by atoms with Gasteiger partial charge in [0.15, 0.2) is 0 Å². The van der Waals surface area contributed by atoms with E-state index in [1.165, 1.54) is 10.6 Å². The summed E-state index contributed by atoms with van der Waals surface area (Å²) in [6.07, 6.45) is -0.915. The second-order valence-electron chi connectivity index (χ2n) is 8.88. The van der Waals surface area contributed by atoms with Crippen LogP contribution in [0.1, 0.15) is 53.4 Å². The van der Waals surface area contributed by atoms with Gasteiger partial charge in [0.1, 0.15) is 24.2 Å². The molecule has 0 spiro atoms. The fourth-order valence-corrected chi connectivity index (χ4v) is 4.37. The van der Waals surface area contributed by atoms with E-state index < -0.39 is 23.8 Å². The number of pyridine rings is 1. The lowest BCUT2D eigenvalue weighted by molar-refractivity contribution is -0.124. The van der Waals surface area contributed by atoms with E-state index >= 15 is 0 Å². The number of benzene rings is 2. The van der Waals surface area contributed by atoms with Gasteiger partial charge in [-0.25, -0.2) is 4.79 Å². The van der Waals surface area contributed by atoms with Gasteiger partial charge in [-0.2, -0.15) is 0 Å². The van der Waals surface area contributed by atoms with Crippen LogP contribution in [0.25, 0.3) is 0 Å². The van der Waals surface area contributed by atoms with Crippen LogP contribution in [0.3, 0.4) is 0 Å². The summed E-state index contributed by atoms with van der Waals surface area (Å²) in [6.45, 7) is 1.82. The Kier molecular flexibility index (Phi) is 7.69. The average molecular weight is 504 g/mol. The molecular weight excluding hydrogens is 474 g/mol. The second kappa shape index (κ2) is 11.1. The summed E-state index contributed by atoms with van der Waals surface area (Å²) in [4.78, 5) is 38.8. The number of anilines is 1.